The average molecular weight is 167 g/mol. The molecule has 0 amide bonds. The first-order chi connectivity index (χ1) is 5.84. The summed E-state index contributed by atoms with van der Waals surface area (Å²) >= 11 is 0. The lowest BCUT2D eigenvalue weighted by atomic mass is 9.82. The highest BCUT2D eigenvalue weighted by atomic mass is 15.2. The first-order valence-electron chi connectivity index (χ1n) is 5.57. The summed E-state index contributed by atoms with van der Waals surface area (Å²) in [5.74, 6) is 2.05. The molecule has 2 rings (SSSR count). The molecule has 2 fully saturated rings. The Hall–Kier alpha value is -0.0400. The van der Waals surface area contributed by atoms with Gasteiger partial charge in [-0.25, -0.2) is 0 Å². The normalized spacial score (nSPS) is 37.8. The zero-order chi connectivity index (χ0) is 8.39. The Morgan fingerprint density at radius 3 is 2.25 bits per heavy atom. The molecule has 1 saturated carbocycles. The minimum Gasteiger partial charge on any atom is -0.303 e. The van der Waals surface area contributed by atoms with Crippen molar-refractivity contribution >= 4 is 0 Å². The van der Waals surface area contributed by atoms with Crippen LogP contribution in [0.1, 0.15) is 39.0 Å². The molecule has 1 aliphatic carbocycles. The molecule has 12 heavy (non-hydrogen) atoms. The van der Waals surface area contributed by atoms with E-state index < -0.39 is 0 Å². The maximum Gasteiger partial charge on any atom is 0.000968 e. The van der Waals surface area contributed by atoms with Gasteiger partial charge in [-0.15, -0.1) is 0 Å². The molecule has 1 heterocycles. The molecule has 1 heteroatoms. The molecule has 0 aromatic rings. The Kier molecular flexibility index (Phi) is 2.69. The Morgan fingerprint density at radius 1 is 1.08 bits per heavy atom. The van der Waals surface area contributed by atoms with E-state index in [0.29, 0.717) is 0 Å². The number of hydrogen-bond acceptors (Lipinski definition) is 1. The van der Waals surface area contributed by atoms with Crippen LogP contribution in [0.5, 0.6) is 0 Å². The smallest absolute Gasteiger partial charge is 0.000968 e. The van der Waals surface area contributed by atoms with Crippen LogP contribution in [0.15, 0.2) is 0 Å². The number of hydrogen-bond donors (Lipinski definition) is 0. The van der Waals surface area contributed by atoms with E-state index in [1.54, 1.807) is 0 Å². The predicted octanol–water partition coefficient (Wildman–Crippen LogP) is 2.52. The summed E-state index contributed by atoms with van der Waals surface area (Å²) < 4.78 is 0. The average Bonchev–Trinajstić information content (AvgIpc) is 2.00. The first-order valence-corrected chi connectivity index (χ1v) is 5.57. The van der Waals surface area contributed by atoms with E-state index in [2.05, 4.69) is 11.8 Å². The topological polar surface area (TPSA) is 3.24 Å². The van der Waals surface area contributed by atoms with Gasteiger partial charge in [0.2, 0.25) is 0 Å². The largest absolute Gasteiger partial charge is 0.303 e. The highest BCUT2D eigenvalue weighted by molar-refractivity contribution is 4.76. The van der Waals surface area contributed by atoms with Gasteiger partial charge in [-0.3, -0.25) is 0 Å². The third-order valence-corrected chi connectivity index (χ3v) is 3.60. The summed E-state index contributed by atoms with van der Waals surface area (Å²) in [7, 11) is 0. The molecule has 1 saturated heterocycles. The molecule has 0 aromatic heterocycles. The van der Waals surface area contributed by atoms with Gasteiger partial charge in [0.05, 0.1) is 0 Å². The summed E-state index contributed by atoms with van der Waals surface area (Å²) in [4.78, 5) is 2.63. The van der Waals surface area contributed by atoms with Crippen LogP contribution in [-0.4, -0.2) is 24.5 Å². The van der Waals surface area contributed by atoms with Gasteiger partial charge in [0.1, 0.15) is 0 Å². The number of nitrogens with zero attached hydrogens (tertiary/aromatic N) is 1. The lowest BCUT2D eigenvalue weighted by Gasteiger charge is -2.36. The fourth-order valence-electron chi connectivity index (χ4n) is 2.44. The summed E-state index contributed by atoms with van der Waals surface area (Å²) in [5, 5.41) is 0. The van der Waals surface area contributed by atoms with Gasteiger partial charge in [-0.1, -0.05) is 19.8 Å². The van der Waals surface area contributed by atoms with Gasteiger partial charge in [0.25, 0.3) is 0 Å². The maximum atomic E-state index is 2.63. The van der Waals surface area contributed by atoms with Crippen molar-refractivity contribution in [1.82, 2.24) is 4.90 Å². The summed E-state index contributed by atoms with van der Waals surface area (Å²) in [6.07, 6.45) is 7.41. The minimum atomic E-state index is 1.01. The molecule has 0 radical (unpaired) electrons. The minimum absolute atomic E-state index is 1.01. The quantitative estimate of drug-likeness (QED) is 0.611. The molecule has 2 aliphatic rings. The standard InChI is InChI=1S/C11H21N/c1-10-3-5-11(6-4-10)9-12-7-2-8-12/h10-11H,2-9H2,1H3/t10-,11-. The van der Waals surface area contributed by atoms with Gasteiger partial charge in [0, 0.05) is 6.54 Å². The van der Waals surface area contributed by atoms with E-state index in [-0.39, 0.29) is 0 Å². The summed E-state index contributed by atoms with van der Waals surface area (Å²) in [6, 6.07) is 0. The maximum absolute atomic E-state index is 2.63. The number of rotatable bonds is 2. The van der Waals surface area contributed by atoms with Crippen molar-refractivity contribution in [2.24, 2.45) is 11.8 Å². The first kappa shape index (κ1) is 8.55. The van der Waals surface area contributed by atoms with E-state index >= 15 is 0 Å². The molecular weight excluding hydrogens is 146 g/mol. The van der Waals surface area contributed by atoms with Crippen LogP contribution in [0, 0.1) is 11.8 Å². The molecule has 0 aromatic carbocycles. The molecule has 70 valence electrons. The molecule has 1 nitrogen and oxygen atoms in total. The molecule has 1 aliphatic heterocycles. The van der Waals surface area contributed by atoms with Crippen molar-refractivity contribution in [1.29, 1.82) is 0 Å². The molecule has 0 N–H and O–H groups in total. The van der Waals surface area contributed by atoms with E-state index in [1.165, 1.54) is 51.7 Å². The lowest BCUT2D eigenvalue weighted by Crippen LogP contribution is -2.41. The summed E-state index contributed by atoms with van der Waals surface area (Å²) in [5.41, 5.74) is 0. The molecule has 0 unspecified atom stereocenters. The van der Waals surface area contributed by atoms with Crippen molar-refractivity contribution < 1.29 is 0 Å². The Bertz CT molecular complexity index is 132. The molecular formula is C11H21N. The van der Waals surface area contributed by atoms with Gasteiger partial charge < -0.3 is 4.90 Å². The number of likely N-dealkylation sites (tertiary alicyclic amines) is 1. The zero-order valence-corrected chi connectivity index (χ0v) is 8.26. The van der Waals surface area contributed by atoms with Crippen LogP contribution in [0.3, 0.4) is 0 Å². The second-order valence-electron chi connectivity index (χ2n) is 4.78. The second-order valence-corrected chi connectivity index (χ2v) is 4.78. The van der Waals surface area contributed by atoms with Gasteiger partial charge in [-0.2, -0.15) is 0 Å². The van der Waals surface area contributed by atoms with Gasteiger partial charge in [-0.05, 0) is 44.2 Å². The zero-order valence-electron chi connectivity index (χ0n) is 8.26. The Balaban J connectivity index is 1.67. The molecule has 0 spiro atoms. The second kappa shape index (κ2) is 3.78. The predicted molar refractivity (Wildman–Crippen MR) is 52.2 cm³/mol. The van der Waals surface area contributed by atoms with Crippen LogP contribution in [0.4, 0.5) is 0 Å². The van der Waals surface area contributed by atoms with Crippen molar-refractivity contribution in [2.45, 2.75) is 39.0 Å². The van der Waals surface area contributed by atoms with Gasteiger partial charge >= 0.3 is 0 Å². The van der Waals surface area contributed by atoms with E-state index in [9.17, 15) is 0 Å². The van der Waals surface area contributed by atoms with E-state index in [4.69, 9.17) is 0 Å². The SMILES string of the molecule is C[C@H]1CC[C@H](CN2CCC2)CC1. The van der Waals surface area contributed by atoms with Crippen LogP contribution >= 0.6 is 0 Å². The van der Waals surface area contributed by atoms with Crippen molar-refractivity contribution in [3.63, 3.8) is 0 Å². The van der Waals surface area contributed by atoms with Crippen LogP contribution in [0.2, 0.25) is 0 Å². The molecule has 0 atom stereocenters. The van der Waals surface area contributed by atoms with E-state index in [1.807, 2.05) is 0 Å². The Labute approximate surface area is 76.1 Å². The van der Waals surface area contributed by atoms with Crippen molar-refractivity contribution in [3.05, 3.63) is 0 Å². The fourth-order valence-corrected chi connectivity index (χ4v) is 2.44. The monoisotopic (exact) mass is 167 g/mol. The third kappa shape index (κ3) is 2.01. The molecule has 0 bridgehead atoms. The van der Waals surface area contributed by atoms with Gasteiger partial charge in [0.15, 0.2) is 0 Å². The van der Waals surface area contributed by atoms with Crippen LogP contribution in [0.25, 0.3) is 0 Å². The highest BCUT2D eigenvalue weighted by Gasteiger charge is 2.22. The van der Waals surface area contributed by atoms with Crippen molar-refractivity contribution in [3.8, 4) is 0 Å². The third-order valence-electron chi connectivity index (χ3n) is 3.60. The van der Waals surface area contributed by atoms with E-state index in [0.717, 1.165) is 11.8 Å². The lowest BCUT2D eigenvalue weighted by molar-refractivity contribution is 0.128. The Morgan fingerprint density at radius 2 is 1.75 bits per heavy atom. The van der Waals surface area contributed by atoms with Crippen LogP contribution < -0.4 is 0 Å². The van der Waals surface area contributed by atoms with Crippen molar-refractivity contribution in [2.75, 3.05) is 19.6 Å². The summed E-state index contributed by atoms with van der Waals surface area (Å²) in [6.45, 7) is 6.57. The van der Waals surface area contributed by atoms with Crippen LogP contribution in [-0.2, 0) is 0 Å². The fraction of sp³-hybridized carbons (Fsp3) is 1.00. The highest BCUT2D eigenvalue weighted by Crippen LogP contribution is 2.29.